The summed E-state index contributed by atoms with van der Waals surface area (Å²) in [6, 6.07) is 9.79. The van der Waals surface area contributed by atoms with E-state index in [1.54, 1.807) is 0 Å². The molecule has 0 radical (unpaired) electrons. The fraction of sp³-hybridized carbons (Fsp3) is 0.364. The van der Waals surface area contributed by atoms with Crippen LogP contribution in [0.3, 0.4) is 0 Å². The van der Waals surface area contributed by atoms with Gasteiger partial charge < -0.3 is 0 Å². The second-order valence-electron chi connectivity index (χ2n) is 3.30. The molecule has 0 N–H and O–H groups in total. The summed E-state index contributed by atoms with van der Waals surface area (Å²) < 4.78 is -1.26. The van der Waals surface area contributed by atoms with Crippen LogP contribution in [-0.2, 0) is 11.2 Å². The van der Waals surface area contributed by atoms with E-state index < -0.39 is 4.33 Å². The van der Waals surface area contributed by atoms with Crippen molar-refractivity contribution in [2.24, 2.45) is 0 Å². The first-order valence-electron chi connectivity index (χ1n) is 4.45. The molecule has 0 heterocycles. The van der Waals surface area contributed by atoms with E-state index in [0.717, 1.165) is 5.56 Å². The molecular formula is C11H12Cl2O. The van der Waals surface area contributed by atoms with Crippen LogP contribution >= 0.6 is 23.2 Å². The normalized spacial score (nSPS) is 11.4. The number of rotatable bonds is 4. The molecule has 0 aromatic heterocycles. The molecular weight excluding hydrogens is 219 g/mol. The van der Waals surface area contributed by atoms with Crippen molar-refractivity contribution in [3.8, 4) is 0 Å². The summed E-state index contributed by atoms with van der Waals surface area (Å²) in [5.74, 6) is -0.135. The fourth-order valence-electron chi connectivity index (χ4n) is 1.12. The maximum Gasteiger partial charge on any atom is 0.173 e. The number of aryl methyl sites for hydroxylation is 1. The summed E-state index contributed by atoms with van der Waals surface area (Å²) in [4.78, 5) is 11.4. The zero-order valence-electron chi connectivity index (χ0n) is 7.97. The van der Waals surface area contributed by atoms with Crippen LogP contribution in [0.5, 0.6) is 0 Å². The lowest BCUT2D eigenvalue weighted by Crippen LogP contribution is -2.21. The van der Waals surface area contributed by atoms with Gasteiger partial charge in [-0.25, -0.2) is 0 Å². The van der Waals surface area contributed by atoms with E-state index in [2.05, 4.69) is 0 Å². The minimum atomic E-state index is -1.26. The van der Waals surface area contributed by atoms with E-state index in [4.69, 9.17) is 23.2 Å². The largest absolute Gasteiger partial charge is 0.296 e. The maximum absolute atomic E-state index is 11.4. The third kappa shape index (κ3) is 3.69. The number of Topliss-reactive ketones (excluding diaryl/α,β-unsaturated/α-hetero) is 1. The summed E-state index contributed by atoms with van der Waals surface area (Å²) >= 11 is 11.3. The van der Waals surface area contributed by atoms with Crippen LogP contribution in [0.1, 0.15) is 18.9 Å². The first-order valence-corrected chi connectivity index (χ1v) is 5.21. The zero-order valence-corrected chi connectivity index (χ0v) is 9.48. The molecule has 0 spiro atoms. The van der Waals surface area contributed by atoms with Crippen molar-refractivity contribution in [2.45, 2.75) is 24.1 Å². The van der Waals surface area contributed by atoms with Gasteiger partial charge in [0.15, 0.2) is 10.1 Å². The van der Waals surface area contributed by atoms with Crippen molar-refractivity contribution in [3.05, 3.63) is 35.9 Å². The molecule has 1 nitrogen and oxygen atoms in total. The number of alkyl halides is 2. The monoisotopic (exact) mass is 230 g/mol. The number of halogens is 2. The van der Waals surface area contributed by atoms with Crippen LogP contribution in [0.4, 0.5) is 0 Å². The van der Waals surface area contributed by atoms with E-state index in [1.165, 1.54) is 6.92 Å². The first kappa shape index (κ1) is 11.5. The minimum Gasteiger partial charge on any atom is -0.296 e. The third-order valence-electron chi connectivity index (χ3n) is 1.97. The molecule has 3 heteroatoms. The highest BCUT2D eigenvalue weighted by molar-refractivity contribution is 6.57. The van der Waals surface area contributed by atoms with Crippen LogP contribution in [0.15, 0.2) is 30.3 Å². The molecule has 0 aliphatic rings. The highest BCUT2D eigenvalue weighted by Crippen LogP contribution is 2.23. The van der Waals surface area contributed by atoms with Crippen molar-refractivity contribution >= 4 is 29.0 Å². The Balaban J connectivity index is 2.46. The SMILES string of the molecule is CC(Cl)(Cl)C(=O)CCc1ccccc1. The van der Waals surface area contributed by atoms with Crippen LogP contribution in [0, 0.1) is 0 Å². The van der Waals surface area contributed by atoms with E-state index >= 15 is 0 Å². The molecule has 14 heavy (non-hydrogen) atoms. The quantitative estimate of drug-likeness (QED) is 0.726. The Kier molecular flexibility index (Phi) is 3.97. The second-order valence-corrected chi connectivity index (χ2v) is 5.00. The molecule has 1 aromatic rings. The Labute approximate surface area is 94.0 Å². The molecule has 1 rings (SSSR count). The fourth-order valence-corrected chi connectivity index (χ4v) is 1.31. The number of hydrogen-bond donors (Lipinski definition) is 0. The van der Waals surface area contributed by atoms with Crippen molar-refractivity contribution in [2.75, 3.05) is 0 Å². The van der Waals surface area contributed by atoms with Gasteiger partial charge >= 0.3 is 0 Å². The molecule has 0 aliphatic carbocycles. The molecule has 0 amide bonds. The van der Waals surface area contributed by atoms with Gasteiger partial charge in [0.2, 0.25) is 0 Å². The summed E-state index contributed by atoms with van der Waals surface area (Å²) in [6.45, 7) is 1.50. The molecule has 0 bridgehead atoms. The molecule has 0 aliphatic heterocycles. The van der Waals surface area contributed by atoms with Crippen LogP contribution in [0.25, 0.3) is 0 Å². The maximum atomic E-state index is 11.4. The van der Waals surface area contributed by atoms with Gasteiger partial charge in [0.25, 0.3) is 0 Å². The van der Waals surface area contributed by atoms with Gasteiger partial charge in [-0.2, -0.15) is 0 Å². The molecule has 1 aromatic carbocycles. The highest BCUT2D eigenvalue weighted by atomic mass is 35.5. The van der Waals surface area contributed by atoms with Gasteiger partial charge in [0.05, 0.1) is 0 Å². The van der Waals surface area contributed by atoms with E-state index in [9.17, 15) is 4.79 Å². The zero-order chi connectivity index (χ0) is 10.6. The standard InChI is InChI=1S/C11H12Cl2O/c1-11(12,13)10(14)8-7-9-5-3-2-4-6-9/h2-6H,7-8H2,1H3. The lowest BCUT2D eigenvalue weighted by Gasteiger charge is -2.10. The average molecular weight is 231 g/mol. The van der Waals surface area contributed by atoms with Gasteiger partial charge in [-0.1, -0.05) is 53.5 Å². The molecule has 0 unspecified atom stereocenters. The smallest absolute Gasteiger partial charge is 0.173 e. The lowest BCUT2D eigenvalue weighted by atomic mass is 10.1. The molecule has 0 saturated heterocycles. The third-order valence-corrected chi connectivity index (χ3v) is 2.39. The van der Waals surface area contributed by atoms with E-state index in [-0.39, 0.29) is 5.78 Å². The summed E-state index contributed by atoms with van der Waals surface area (Å²) in [5, 5.41) is 0. The highest BCUT2D eigenvalue weighted by Gasteiger charge is 2.26. The van der Waals surface area contributed by atoms with Crippen LogP contribution in [0.2, 0.25) is 0 Å². The summed E-state index contributed by atoms with van der Waals surface area (Å²) in [5.41, 5.74) is 1.12. The molecule has 0 saturated carbocycles. The molecule has 0 fully saturated rings. The van der Waals surface area contributed by atoms with Crippen LogP contribution < -0.4 is 0 Å². The van der Waals surface area contributed by atoms with E-state index in [0.29, 0.717) is 12.8 Å². The number of carbonyl (C=O) groups excluding carboxylic acids is 1. The van der Waals surface area contributed by atoms with Crippen molar-refractivity contribution in [1.82, 2.24) is 0 Å². The number of benzene rings is 1. The Hall–Kier alpha value is -0.530. The van der Waals surface area contributed by atoms with Crippen molar-refractivity contribution < 1.29 is 4.79 Å². The van der Waals surface area contributed by atoms with Gasteiger partial charge in [0.1, 0.15) is 0 Å². The molecule has 0 atom stereocenters. The topological polar surface area (TPSA) is 17.1 Å². The molecule has 76 valence electrons. The number of hydrogen-bond acceptors (Lipinski definition) is 1. The minimum absolute atomic E-state index is 0.135. The summed E-state index contributed by atoms with van der Waals surface area (Å²) in [6.07, 6.45) is 1.07. The van der Waals surface area contributed by atoms with Gasteiger partial charge in [-0.05, 0) is 18.9 Å². The Bertz CT molecular complexity index is 301. The Morgan fingerprint density at radius 1 is 1.29 bits per heavy atom. The van der Waals surface area contributed by atoms with Gasteiger partial charge in [0, 0.05) is 6.42 Å². The Morgan fingerprint density at radius 2 is 1.86 bits per heavy atom. The predicted molar refractivity (Wildman–Crippen MR) is 59.9 cm³/mol. The first-order chi connectivity index (χ1) is 6.50. The lowest BCUT2D eigenvalue weighted by molar-refractivity contribution is -0.119. The van der Waals surface area contributed by atoms with Gasteiger partial charge in [-0.3, -0.25) is 4.79 Å². The van der Waals surface area contributed by atoms with E-state index in [1.807, 2.05) is 30.3 Å². The average Bonchev–Trinajstić information content (AvgIpc) is 2.14. The second kappa shape index (κ2) is 4.81. The van der Waals surface area contributed by atoms with Gasteiger partial charge in [-0.15, -0.1) is 0 Å². The van der Waals surface area contributed by atoms with Crippen molar-refractivity contribution in [1.29, 1.82) is 0 Å². The number of carbonyl (C=O) groups is 1. The summed E-state index contributed by atoms with van der Waals surface area (Å²) in [7, 11) is 0. The predicted octanol–water partition coefficient (Wildman–Crippen LogP) is 3.38. The Morgan fingerprint density at radius 3 is 2.36 bits per heavy atom. The van der Waals surface area contributed by atoms with Crippen LogP contribution in [-0.4, -0.2) is 10.1 Å². The van der Waals surface area contributed by atoms with Crippen molar-refractivity contribution in [3.63, 3.8) is 0 Å². The number of ketones is 1.